The smallest absolute Gasteiger partial charge is 0.252 e. The molecule has 4 rings (SSSR count). The van der Waals surface area contributed by atoms with Gasteiger partial charge in [-0.05, 0) is 38.3 Å². The molecule has 2 unspecified atom stereocenters. The van der Waals surface area contributed by atoms with Crippen LogP contribution in [0.1, 0.15) is 34.8 Å². The molecule has 0 aromatic carbocycles. The molecule has 0 radical (unpaired) electrons. The van der Waals surface area contributed by atoms with Crippen molar-refractivity contribution in [3.8, 4) is 0 Å². The largest absolute Gasteiger partial charge is 0.373 e. The van der Waals surface area contributed by atoms with E-state index in [9.17, 15) is 13.2 Å². The molecule has 1 saturated heterocycles. The first-order valence-electron chi connectivity index (χ1n) is 10.5. The van der Waals surface area contributed by atoms with E-state index in [2.05, 4.69) is 15.4 Å². The van der Waals surface area contributed by atoms with Crippen LogP contribution in [0.15, 0.2) is 29.8 Å². The molecule has 1 amide bonds. The molecule has 1 aliphatic rings. The third kappa shape index (κ3) is 5.01. The van der Waals surface area contributed by atoms with Crippen LogP contribution in [0.5, 0.6) is 0 Å². The van der Waals surface area contributed by atoms with E-state index >= 15 is 0 Å². The summed E-state index contributed by atoms with van der Waals surface area (Å²) in [5, 5.41) is 9.81. The fraction of sp³-hybridized carbons (Fsp3) is 0.476. The van der Waals surface area contributed by atoms with Crippen LogP contribution in [-0.2, 0) is 21.3 Å². The van der Waals surface area contributed by atoms with Crippen molar-refractivity contribution in [2.45, 2.75) is 39.5 Å². The van der Waals surface area contributed by atoms with E-state index in [1.165, 1.54) is 4.31 Å². The maximum atomic E-state index is 12.9. The van der Waals surface area contributed by atoms with E-state index in [1.54, 1.807) is 28.3 Å². The van der Waals surface area contributed by atoms with E-state index in [0.717, 1.165) is 4.88 Å². The number of aromatic nitrogens is 3. The number of carbonyl (C=O) groups excluding carboxylic acids is 1. The topological polar surface area (TPSA) is 106 Å². The number of nitrogens with zero attached hydrogens (tertiary/aromatic N) is 4. The first kappa shape index (κ1) is 22.8. The Morgan fingerprint density at radius 1 is 1.31 bits per heavy atom. The molecule has 0 saturated carbocycles. The molecule has 0 spiro atoms. The monoisotopic (exact) mass is 477 g/mol. The molecule has 1 fully saturated rings. The van der Waals surface area contributed by atoms with E-state index < -0.39 is 10.0 Å². The lowest BCUT2D eigenvalue weighted by Crippen LogP contribution is -2.49. The number of pyridine rings is 1. The number of carbonyl (C=O) groups is 1. The van der Waals surface area contributed by atoms with E-state index in [4.69, 9.17) is 4.74 Å². The van der Waals surface area contributed by atoms with Crippen LogP contribution in [-0.4, -0.2) is 71.0 Å². The molecular formula is C21H27N5O4S2. The summed E-state index contributed by atoms with van der Waals surface area (Å²) in [6, 6.07) is 5.71. The van der Waals surface area contributed by atoms with Crippen molar-refractivity contribution in [2.24, 2.45) is 0 Å². The van der Waals surface area contributed by atoms with Gasteiger partial charge in [-0.1, -0.05) is 6.07 Å². The Morgan fingerprint density at radius 3 is 2.75 bits per heavy atom. The molecule has 3 aromatic heterocycles. The molecule has 2 atom stereocenters. The van der Waals surface area contributed by atoms with Gasteiger partial charge in [-0.15, -0.1) is 11.3 Å². The second-order valence-electron chi connectivity index (χ2n) is 8.08. The maximum absolute atomic E-state index is 12.9. The van der Waals surface area contributed by atoms with Gasteiger partial charge in [-0.3, -0.25) is 4.79 Å². The van der Waals surface area contributed by atoms with Crippen LogP contribution in [0.3, 0.4) is 0 Å². The SMILES string of the molecule is Cc1cc(C(=O)NCCS(=O)(=O)N2CC(C)OC(C)C2)c2cnn(Cc3cccs3)c2n1. The minimum absolute atomic E-state index is 0.0213. The van der Waals surface area contributed by atoms with Gasteiger partial charge in [0.2, 0.25) is 10.0 Å². The second-order valence-corrected chi connectivity index (χ2v) is 11.2. The Morgan fingerprint density at radius 2 is 2.06 bits per heavy atom. The van der Waals surface area contributed by atoms with E-state index in [1.807, 2.05) is 38.3 Å². The predicted molar refractivity (Wildman–Crippen MR) is 123 cm³/mol. The van der Waals surface area contributed by atoms with Crippen LogP contribution >= 0.6 is 11.3 Å². The number of thiophene rings is 1. The average molecular weight is 478 g/mol. The summed E-state index contributed by atoms with van der Waals surface area (Å²) >= 11 is 1.63. The number of rotatable bonds is 7. The van der Waals surface area contributed by atoms with Crippen molar-refractivity contribution in [3.63, 3.8) is 0 Å². The van der Waals surface area contributed by atoms with Gasteiger partial charge in [0.15, 0.2) is 5.65 Å². The van der Waals surface area contributed by atoms with Crippen LogP contribution < -0.4 is 5.32 Å². The quantitative estimate of drug-likeness (QED) is 0.558. The summed E-state index contributed by atoms with van der Waals surface area (Å²) in [6.45, 7) is 6.79. The summed E-state index contributed by atoms with van der Waals surface area (Å²) in [5.41, 5.74) is 1.77. The number of aryl methyl sites for hydroxylation is 1. The first-order chi connectivity index (χ1) is 15.2. The molecule has 32 heavy (non-hydrogen) atoms. The van der Waals surface area contributed by atoms with Gasteiger partial charge in [-0.25, -0.2) is 18.1 Å². The molecule has 9 nitrogen and oxygen atoms in total. The van der Waals surface area contributed by atoms with Gasteiger partial charge >= 0.3 is 0 Å². The summed E-state index contributed by atoms with van der Waals surface area (Å²) in [4.78, 5) is 18.6. The predicted octanol–water partition coefficient (Wildman–Crippen LogP) is 2.02. The van der Waals surface area contributed by atoms with Gasteiger partial charge < -0.3 is 10.1 Å². The molecule has 0 bridgehead atoms. The van der Waals surface area contributed by atoms with E-state index in [-0.39, 0.29) is 30.4 Å². The number of sulfonamides is 1. The van der Waals surface area contributed by atoms with Crippen LogP contribution in [0, 0.1) is 6.92 Å². The van der Waals surface area contributed by atoms with E-state index in [0.29, 0.717) is 41.9 Å². The zero-order chi connectivity index (χ0) is 22.9. The van der Waals surface area contributed by atoms with Gasteiger partial charge in [0.05, 0.1) is 41.7 Å². The van der Waals surface area contributed by atoms with Crippen LogP contribution in [0.4, 0.5) is 0 Å². The Hall–Kier alpha value is -2.34. The second kappa shape index (κ2) is 9.26. The highest BCUT2D eigenvalue weighted by atomic mass is 32.2. The van der Waals surface area contributed by atoms with Gasteiger partial charge in [0, 0.05) is 30.2 Å². The third-order valence-corrected chi connectivity index (χ3v) is 7.96. The van der Waals surface area contributed by atoms with Gasteiger partial charge in [-0.2, -0.15) is 9.40 Å². The van der Waals surface area contributed by atoms with Crippen molar-refractivity contribution in [2.75, 3.05) is 25.4 Å². The fourth-order valence-electron chi connectivity index (χ4n) is 3.90. The molecule has 4 heterocycles. The number of hydrogen-bond acceptors (Lipinski definition) is 7. The summed E-state index contributed by atoms with van der Waals surface area (Å²) in [5.74, 6) is -0.502. The normalized spacial score (nSPS) is 20.0. The van der Waals surface area contributed by atoms with Crippen LogP contribution in [0.2, 0.25) is 0 Å². The standard InChI is InChI=1S/C21H27N5O4S2/c1-14-9-18(19-10-23-26(20(19)24-14)13-17-5-4-7-31-17)21(27)22-6-8-32(28,29)25-11-15(2)30-16(3)12-25/h4-5,7,9-10,15-16H,6,8,11-13H2,1-3H3,(H,22,27). The third-order valence-electron chi connectivity index (χ3n) is 5.29. The highest BCUT2D eigenvalue weighted by molar-refractivity contribution is 7.89. The lowest BCUT2D eigenvalue weighted by molar-refractivity contribution is -0.0440. The van der Waals surface area contributed by atoms with Gasteiger partial charge in [0.1, 0.15) is 0 Å². The van der Waals surface area contributed by atoms with Crippen molar-refractivity contribution in [1.29, 1.82) is 0 Å². The van der Waals surface area contributed by atoms with Crippen molar-refractivity contribution < 1.29 is 17.9 Å². The molecule has 0 aliphatic carbocycles. The average Bonchev–Trinajstić information content (AvgIpc) is 3.37. The zero-order valence-electron chi connectivity index (χ0n) is 18.3. The first-order valence-corrected chi connectivity index (χ1v) is 13.0. The molecule has 3 aromatic rings. The van der Waals surface area contributed by atoms with Crippen LogP contribution in [0.25, 0.3) is 11.0 Å². The number of morpholine rings is 1. The summed E-state index contributed by atoms with van der Waals surface area (Å²) < 4.78 is 34.3. The Balaban J connectivity index is 1.45. The van der Waals surface area contributed by atoms with Crippen molar-refractivity contribution >= 4 is 38.3 Å². The fourth-order valence-corrected chi connectivity index (χ4v) is 6.08. The number of fused-ring (bicyclic) bond motifs is 1. The number of hydrogen-bond donors (Lipinski definition) is 1. The minimum atomic E-state index is -3.49. The summed E-state index contributed by atoms with van der Waals surface area (Å²) in [6.07, 6.45) is 1.33. The minimum Gasteiger partial charge on any atom is -0.373 e. The maximum Gasteiger partial charge on any atom is 0.252 e. The Labute approximate surface area is 191 Å². The summed E-state index contributed by atoms with van der Waals surface area (Å²) in [7, 11) is -3.49. The zero-order valence-corrected chi connectivity index (χ0v) is 19.9. The lowest BCUT2D eigenvalue weighted by atomic mass is 10.1. The van der Waals surface area contributed by atoms with Crippen molar-refractivity contribution in [1.82, 2.24) is 24.4 Å². The van der Waals surface area contributed by atoms with Gasteiger partial charge in [0.25, 0.3) is 5.91 Å². The number of amides is 1. The number of nitrogens with one attached hydrogen (secondary N) is 1. The highest BCUT2D eigenvalue weighted by Gasteiger charge is 2.30. The molecule has 1 aliphatic heterocycles. The lowest BCUT2D eigenvalue weighted by Gasteiger charge is -2.34. The molecule has 172 valence electrons. The highest BCUT2D eigenvalue weighted by Crippen LogP contribution is 2.21. The molecule has 1 N–H and O–H groups in total. The molecular weight excluding hydrogens is 450 g/mol. The number of ether oxygens (including phenoxy) is 1. The Bertz CT molecular complexity index is 1200. The Kier molecular flexibility index (Phi) is 6.61. The van der Waals surface area contributed by atoms with Crippen molar-refractivity contribution in [3.05, 3.63) is 45.9 Å². The molecule has 11 heteroatoms.